The number of rotatable bonds is 3. The van der Waals surface area contributed by atoms with Crippen LogP contribution in [0.2, 0.25) is 0 Å². The van der Waals surface area contributed by atoms with Crippen LogP contribution in [0, 0.1) is 5.92 Å². The largest absolute Gasteiger partial charge is 0.461 e. The molecule has 0 aromatic carbocycles. The molecule has 0 aliphatic carbocycles. The molecule has 0 saturated carbocycles. The summed E-state index contributed by atoms with van der Waals surface area (Å²) in [7, 11) is 0. The van der Waals surface area contributed by atoms with Crippen LogP contribution in [0.15, 0.2) is 23.0 Å². The molecule has 0 radical (unpaired) electrons. The Morgan fingerprint density at radius 3 is 2.45 bits per heavy atom. The lowest BCUT2D eigenvalue weighted by atomic mass is 9.75. The zero-order chi connectivity index (χ0) is 21.8. The minimum atomic E-state index is -1.91. The summed E-state index contributed by atoms with van der Waals surface area (Å²) in [4.78, 5) is 35.7. The summed E-state index contributed by atoms with van der Waals surface area (Å²) in [5.74, 6) is -4.71. The third kappa shape index (κ3) is 3.58. The zero-order valence-corrected chi connectivity index (χ0v) is 17.1. The second-order valence-corrected chi connectivity index (χ2v) is 8.24. The van der Waals surface area contributed by atoms with Gasteiger partial charge in [0.1, 0.15) is 24.1 Å². The topological polar surface area (TPSA) is 129 Å². The normalized spacial score (nSPS) is 39.0. The number of aliphatic hydroxyl groups is 2. The summed E-state index contributed by atoms with van der Waals surface area (Å²) in [6, 6.07) is 0. The molecular formula is C20H26O9. The number of esters is 3. The van der Waals surface area contributed by atoms with Crippen molar-refractivity contribution in [2.24, 2.45) is 5.92 Å². The number of hydrogen-bond acceptors (Lipinski definition) is 9. The van der Waals surface area contributed by atoms with Crippen molar-refractivity contribution in [1.82, 2.24) is 0 Å². The Morgan fingerprint density at radius 1 is 1.21 bits per heavy atom. The number of hydrogen-bond donors (Lipinski definition) is 2. The van der Waals surface area contributed by atoms with Crippen molar-refractivity contribution >= 4 is 17.9 Å². The van der Waals surface area contributed by atoms with E-state index in [0.717, 1.165) is 0 Å². The summed E-state index contributed by atoms with van der Waals surface area (Å²) < 4.78 is 21.7. The van der Waals surface area contributed by atoms with E-state index in [0.29, 0.717) is 6.42 Å². The van der Waals surface area contributed by atoms with E-state index in [1.54, 1.807) is 13.8 Å². The third-order valence-electron chi connectivity index (χ3n) is 5.97. The molecule has 9 nitrogen and oxygen atoms in total. The van der Waals surface area contributed by atoms with E-state index >= 15 is 0 Å². The summed E-state index contributed by atoms with van der Waals surface area (Å²) in [6.07, 6.45) is 0.869. The molecule has 0 amide bonds. The van der Waals surface area contributed by atoms with Crippen molar-refractivity contribution in [1.29, 1.82) is 0 Å². The van der Waals surface area contributed by atoms with E-state index in [2.05, 4.69) is 0 Å². The molecule has 3 rings (SSSR count). The first kappa shape index (κ1) is 21.5. The number of carbonyl (C=O) groups excluding carboxylic acids is 3. The highest BCUT2D eigenvalue weighted by Gasteiger charge is 2.61. The van der Waals surface area contributed by atoms with Gasteiger partial charge in [0.25, 0.3) is 0 Å². The van der Waals surface area contributed by atoms with E-state index in [-0.39, 0.29) is 29.9 Å². The molecule has 3 aliphatic rings. The Bertz CT molecular complexity index is 824. The minimum Gasteiger partial charge on any atom is -0.461 e. The summed E-state index contributed by atoms with van der Waals surface area (Å²) >= 11 is 0. The molecule has 1 saturated heterocycles. The van der Waals surface area contributed by atoms with Gasteiger partial charge in [-0.25, -0.2) is 4.79 Å². The Labute approximate surface area is 168 Å². The van der Waals surface area contributed by atoms with Crippen molar-refractivity contribution in [2.45, 2.75) is 70.6 Å². The lowest BCUT2D eigenvalue weighted by Gasteiger charge is -2.44. The monoisotopic (exact) mass is 410 g/mol. The van der Waals surface area contributed by atoms with Crippen LogP contribution in [0.3, 0.4) is 0 Å². The Morgan fingerprint density at radius 2 is 1.86 bits per heavy atom. The van der Waals surface area contributed by atoms with Crippen LogP contribution in [0.25, 0.3) is 0 Å². The van der Waals surface area contributed by atoms with Crippen molar-refractivity contribution in [3.8, 4) is 0 Å². The fourth-order valence-electron chi connectivity index (χ4n) is 4.09. The van der Waals surface area contributed by atoms with Gasteiger partial charge in [-0.2, -0.15) is 0 Å². The highest BCUT2D eigenvalue weighted by Crippen LogP contribution is 2.51. The number of carbonyl (C=O) groups is 3. The maximum Gasteiger partial charge on any atom is 0.343 e. The van der Waals surface area contributed by atoms with Gasteiger partial charge in [-0.05, 0) is 26.3 Å². The molecule has 29 heavy (non-hydrogen) atoms. The van der Waals surface area contributed by atoms with E-state index < -0.39 is 46.9 Å². The standard InChI is InChI=1S/C20H26O9/c1-10-16(27-12(3)22)15-13(9-26-11(2)21)17(23)28-14(15)8-18(4)6-7-20(25,29-18)19(10,5)24/h8,10,16,24-25H,6-7,9H2,1-5H3. The molecule has 0 spiro atoms. The highest BCUT2D eigenvalue weighted by molar-refractivity contribution is 5.95. The predicted molar refractivity (Wildman–Crippen MR) is 96.8 cm³/mol. The van der Waals surface area contributed by atoms with Crippen LogP contribution in [0.4, 0.5) is 0 Å². The van der Waals surface area contributed by atoms with Gasteiger partial charge < -0.3 is 29.2 Å². The summed E-state index contributed by atoms with van der Waals surface area (Å²) in [5, 5.41) is 22.4. The van der Waals surface area contributed by atoms with Gasteiger partial charge in [-0.15, -0.1) is 0 Å². The van der Waals surface area contributed by atoms with Crippen LogP contribution in [0.5, 0.6) is 0 Å². The van der Waals surface area contributed by atoms with Crippen LogP contribution in [-0.2, 0) is 33.3 Å². The molecule has 2 N–H and O–H groups in total. The Hall–Kier alpha value is -2.23. The number of fused-ring (bicyclic) bond motifs is 3. The molecule has 1 fully saturated rings. The predicted octanol–water partition coefficient (Wildman–Crippen LogP) is 0.877. The van der Waals surface area contributed by atoms with E-state index in [1.807, 2.05) is 0 Å². The molecule has 5 atom stereocenters. The molecule has 160 valence electrons. The van der Waals surface area contributed by atoms with Crippen molar-refractivity contribution in [2.75, 3.05) is 6.61 Å². The molecule has 0 aromatic heterocycles. The Kier molecular flexibility index (Phi) is 5.13. The lowest BCUT2D eigenvalue weighted by molar-refractivity contribution is -0.311. The van der Waals surface area contributed by atoms with Crippen molar-refractivity contribution in [3.63, 3.8) is 0 Å². The summed E-state index contributed by atoms with van der Waals surface area (Å²) in [5.41, 5.74) is -2.69. The Balaban J connectivity index is 2.23. The maximum absolute atomic E-state index is 12.5. The zero-order valence-electron chi connectivity index (χ0n) is 17.1. The molecule has 5 unspecified atom stereocenters. The van der Waals surface area contributed by atoms with Crippen molar-refractivity contribution in [3.05, 3.63) is 23.0 Å². The smallest absolute Gasteiger partial charge is 0.343 e. The minimum absolute atomic E-state index is 0.00807. The lowest BCUT2D eigenvalue weighted by Crippen LogP contribution is -2.59. The van der Waals surface area contributed by atoms with Crippen molar-refractivity contribution < 1.29 is 43.5 Å². The summed E-state index contributed by atoms with van der Waals surface area (Å²) in [6.45, 7) is 6.68. The van der Waals surface area contributed by atoms with Gasteiger partial charge in [-0.1, -0.05) is 6.92 Å². The van der Waals surface area contributed by atoms with Gasteiger partial charge in [0.15, 0.2) is 5.79 Å². The SMILES string of the molecule is CC(=O)OCC1=C2C(=CC3(C)CCC(O)(O3)C(C)(O)C(C)C2OC(C)=O)OC1=O. The average molecular weight is 410 g/mol. The van der Waals surface area contributed by atoms with Gasteiger partial charge in [0.05, 0.1) is 11.2 Å². The first-order valence-electron chi connectivity index (χ1n) is 9.43. The average Bonchev–Trinajstić information content (AvgIpc) is 3.06. The molecule has 9 heteroatoms. The van der Waals surface area contributed by atoms with Gasteiger partial charge in [-0.3, -0.25) is 9.59 Å². The van der Waals surface area contributed by atoms with Crippen LogP contribution >= 0.6 is 0 Å². The molecule has 3 heterocycles. The fraction of sp³-hybridized carbons (Fsp3) is 0.650. The van der Waals surface area contributed by atoms with Crippen LogP contribution in [-0.4, -0.2) is 57.8 Å². The van der Waals surface area contributed by atoms with Gasteiger partial charge >= 0.3 is 17.9 Å². The second-order valence-electron chi connectivity index (χ2n) is 8.24. The molecule has 3 aliphatic heterocycles. The second kappa shape index (κ2) is 6.93. The highest BCUT2D eigenvalue weighted by atomic mass is 16.7. The third-order valence-corrected chi connectivity index (χ3v) is 5.97. The fourth-order valence-corrected chi connectivity index (χ4v) is 4.09. The molecular weight excluding hydrogens is 384 g/mol. The maximum atomic E-state index is 12.5. The quantitative estimate of drug-likeness (QED) is 0.514. The van der Waals surface area contributed by atoms with E-state index in [9.17, 15) is 24.6 Å². The van der Waals surface area contributed by atoms with Gasteiger partial charge in [0.2, 0.25) is 0 Å². The molecule has 2 bridgehead atoms. The van der Waals surface area contributed by atoms with E-state index in [1.165, 1.54) is 26.8 Å². The van der Waals surface area contributed by atoms with Crippen LogP contribution < -0.4 is 0 Å². The van der Waals surface area contributed by atoms with Crippen LogP contribution in [0.1, 0.15) is 47.5 Å². The molecule has 0 aromatic rings. The first-order valence-corrected chi connectivity index (χ1v) is 9.43. The number of ether oxygens (including phenoxy) is 4. The van der Waals surface area contributed by atoms with E-state index in [4.69, 9.17) is 18.9 Å². The van der Waals surface area contributed by atoms with Gasteiger partial charge in [0, 0.05) is 31.8 Å². The first-order chi connectivity index (χ1) is 13.3.